The summed E-state index contributed by atoms with van der Waals surface area (Å²) in [5, 5.41) is 6.50. The van der Waals surface area contributed by atoms with Crippen LogP contribution >= 0.6 is 0 Å². The summed E-state index contributed by atoms with van der Waals surface area (Å²) in [6.45, 7) is 0.00426. The fourth-order valence-corrected chi connectivity index (χ4v) is 1.61. The number of amides is 2. The van der Waals surface area contributed by atoms with Crippen molar-refractivity contribution >= 4 is 23.2 Å². The molecule has 0 saturated heterocycles. The lowest BCUT2D eigenvalue weighted by Gasteiger charge is -2.08. The standard InChI is InChI=1S/C12H13N5O2/c13-8-5-15-17(6-8)7-11(18)16-10-4-2-1-3-9(10)12(14)19/h1-6H,7,13H2,(H2,14,19)(H,16,18). The van der Waals surface area contributed by atoms with Crippen LogP contribution in [0.4, 0.5) is 11.4 Å². The van der Waals surface area contributed by atoms with E-state index in [2.05, 4.69) is 10.4 Å². The fourth-order valence-electron chi connectivity index (χ4n) is 1.61. The van der Waals surface area contributed by atoms with E-state index in [0.717, 1.165) is 0 Å². The Morgan fingerprint density at radius 1 is 1.32 bits per heavy atom. The van der Waals surface area contributed by atoms with Crippen LogP contribution in [-0.2, 0) is 11.3 Å². The van der Waals surface area contributed by atoms with Gasteiger partial charge in [0.2, 0.25) is 5.91 Å². The summed E-state index contributed by atoms with van der Waals surface area (Å²) in [6.07, 6.45) is 2.99. The first-order valence-corrected chi connectivity index (χ1v) is 5.53. The van der Waals surface area contributed by atoms with Gasteiger partial charge in [-0.2, -0.15) is 5.10 Å². The first-order valence-electron chi connectivity index (χ1n) is 5.53. The molecule has 19 heavy (non-hydrogen) atoms. The van der Waals surface area contributed by atoms with Gasteiger partial charge in [-0.05, 0) is 12.1 Å². The topological polar surface area (TPSA) is 116 Å². The normalized spacial score (nSPS) is 10.1. The molecule has 0 fully saturated rings. The molecule has 7 nitrogen and oxygen atoms in total. The van der Waals surface area contributed by atoms with E-state index in [4.69, 9.17) is 11.5 Å². The molecule has 0 aliphatic heterocycles. The van der Waals surface area contributed by atoms with Crippen LogP contribution in [-0.4, -0.2) is 21.6 Å². The molecule has 0 bridgehead atoms. The number of hydrogen-bond acceptors (Lipinski definition) is 4. The Morgan fingerprint density at radius 3 is 2.68 bits per heavy atom. The molecule has 2 rings (SSSR count). The molecule has 2 aromatic rings. The molecular weight excluding hydrogens is 246 g/mol. The predicted octanol–water partition coefficient (Wildman–Crippen LogP) is 0.203. The number of nitrogen functional groups attached to an aromatic ring is 1. The zero-order valence-electron chi connectivity index (χ0n) is 10.0. The van der Waals surface area contributed by atoms with E-state index in [0.29, 0.717) is 11.4 Å². The van der Waals surface area contributed by atoms with Gasteiger partial charge in [0.15, 0.2) is 0 Å². The molecule has 0 atom stereocenters. The zero-order valence-corrected chi connectivity index (χ0v) is 10.0. The van der Waals surface area contributed by atoms with Crippen LogP contribution in [0.2, 0.25) is 0 Å². The smallest absolute Gasteiger partial charge is 0.250 e. The summed E-state index contributed by atoms with van der Waals surface area (Å²) in [4.78, 5) is 23.0. The second kappa shape index (κ2) is 5.21. The van der Waals surface area contributed by atoms with Gasteiger partial charge in [-0.1, -0.05) is 12.1 Å². The van der Waals surface area contributed by atoms with Gasteiger partial charge >= 0.3 is 0 Å². The van der Waals surface area contributed by atoms with Crippen LogP contribution in [0.15, 0.2) is 36.7 Å². The third-order valence-electron chi connectivity index (χ3n) is 2.43. The summed E-state index contributed by atoms with van der Waals surface area (Å²) >= 11 is 0. The molecule has 0 spiro atoms. The molecule has 1 aromatic heterocycles. The lowest BCUT2D eigenvalue weighted by Crippen LogP contribution is -2.22. The van der Waals surface area contributed by atoms with Crippen LogP contribution < -0.4 is 16.8 Å². The van der Waals surface area contributed by atoms with E-state index in [1.165, 1.54) is 10.9 Å². The van der Waals surface area contributed by atoms with Crippen LogP contribution in [0.1, 0.15) is 10.4 Å². The number of hydrogen-bond donors (Lipinski definition) is 3. The highest BCUT2D eigenvalue weighted by Crippen LogP contribution is 2.14. The van der Waals surface area contributed by atoms with E-state index in [1.807, 2.05) is 0 Å². The molecule has 7 heteroatoms. The third-order valence-corrected chi connectivity index (χ3v) is 2.43. The van der Waals surface area contributed by atoms with Crippen molar-refractivity contribution in [3.8, 4) is 0 Å². The summed E-state index contributed by atoms with van der Waals surface area (Å²) in [6, 6.07) is 6.52. The second-order valence-corrected chi connectivity index (χ2v) is 3.93. The maximum Gasteiger partial charge on any atom is 0.250 e. The number of anilines is 2. The number of aromatic nitrogens is 2. The number of nitrogens with one attached hydrogen (secondary N) is 1. The lowest BCUT2D eigenvalue weighted by molar-refractivity contribution is -0.116. The quantitative estimate of drug-likeness (QED) is 0.727. The average Bonchev–Trinajstić information content (AvgIpc) is 2.75. The maximum absolute atomic E-state index is 11.8. The van der Waals surface area contributed by atoms with E-state index >= 15 is 0 Å². The maximum atomic E-state index is 11.8. The van der Waals surface area contributed by atoms with Gasteiger partial charge < -0.3 is 16.8 Å². The Morgan fingerprint density at radius 2 is 2.05 bits per heavy atom. The highest BCUT2D eigenvalue weighted by molar-refractivity contribution is 6.02. The molecule has 1 aromatic carbocycles. The van der Waals surface area contributed by atoms with Crippen LogP contribution in [0, 0.1) is 0 Å². The first kappa shape index (κ1) is 12.6. The van der Waals surface area contributed by atoms with Crippen LogP contribution in [0.5, 0.6) is 0 Å². The number of carbonyl (C=O) groups is 2. The van der Waals surface area contributed by atoms with Crippen LogP contribution in [0.3, 0.4) is 0 Å². The number of benzene rings is 1. The second-order valence-electron chi connectivity index (χ2n) is 3.93. The minimum atomic E-state index is -0.598. The van der Waals surface area contributed by atoms with Crippen molar-refractivity contribution in [2.75, 3.05) is 11.1 Å². The van der Waals surface area contributed by atoms with E-state index in [1.54, 1.807) is 30.5 Å². The number of para-hydroxylation sites is 1. The fraction of sp³-hybridized carbons (Fsp3) is 0.0833. The van der Waals surface area contributed by atoms with Gasteiger partial charge in [0.25, 0.3) is 5.91 Å². The van der Waals surface area contributed by atoms with Crippen LogP contribution in [0.25, 0.3) is 0 Å². The van der Waals surface area contributed by atoms with Gasteiger partial charge in [-0.25, -0.2) is 0 Å². The summed E-state index contributed by atoms with van der Waals surface area (Å²) in [5.41, 5.74) is 11.8. The molecule has 1 heterocycles. The van der Waals surface area contributed by atoms with Crippen molar-refractivity contribution in [1.82, 2.24) is 9.78 Å². The van der Waals surface area contributed by atoms with Crippen molar-refractivity contribution in [1.29, 1.82) is 0 Å². The van der Waals surface area contributed by atoms with Crippen molar-refractivity contribution < 1.29 is 9.59 Å². The summed E-state index contributed by atoms with van der Waals surface area (Å²) < 4.78 is 1.40. The third kappa shape index (κ3) is 3.09. The van der Waals surface area contributed by atoms with E-state index in [-0.39, 0.29) is 18.0 Å². The van der Waals surface area contributed by atoms with E-state index in [9.17, 15) is 9.59 Å². The highest BCUT2D eigenvalue weighted by Gasteiger charge is 2.10. The zero-order chi connectivity index (χ0) is 13.8. The molecule has 0 aliphatic carbocycles. The summed E-state index contributed by atoms with van der Waals surface area (Å²) in [5.74, 6) is -0.920. The molecule has 5 N–H and O–H groups in total. The van der Waals surface area contributed by atoms with Gasteiger partial charge in [0.05, 0.1) is 23.1 Å². The van der Waals surface area contributed by atoms with Crippen molar-refractivity contribution in [2.45, 2.75) is 6.54 Å². The monoisotopic (exact) mass is 259 g/mol. The van der Waals surface area contributed by atoms with Crippen molar-refractivity contribution in [3.05, 3.63) is 42.2 Å². The summed E-state index contributed by atoms with van der Waals surface area (Å²) in [7, 11) is 0. The number of nitrogens with zero attached hydrogens (tertiary/aromatic N) is 2. The van der Waals surface area contributed by atoms with Crippen molar-refractivity contribution in [3.63, 3.8) is 0 Å². The Hall–Kier alpha value is -2.83. The van der Waals surface area contributed by atoms with Gasteiger partial charge in [-0.3, -0.25) is 14.3 Å². The molecule has 0 aliphatic rings. The Labute approximate surface area is 109 Å². The predicted molar refractivity (Wildman–Crippen MR) is 70.2 cm³/mol. The minimum absolute atomic E-state index is 0.00426. The van der Waals surface area contributed by atoms with Gasteiger partial charge in [-0.15, -0.1) is 0 Å². The first-order chi connectivity index (χ1) is 9.06. The molecule has 2 amide bonds. The Balaban J connectivity index is 2.09. The Kier molecular flexibility index (Phi) is 3.46. The highest BCUT2D eigenvalue weighted by atomic mass is 16.2. The molecular formula is C12H13N5O2. The van der Waals surface area contributed by atoms with Crippen molar-refractivity contribution in [2.24, 2.45) is 5.73 Å². The van der Waals surface area contributed by atoms with E-state index < -0.39 is 5.91 Å². The number of carbonyl (C=O) groups excluding carboxylic acids is 2. The van der Waals surface area contributed by atoms with Gasteiger partial charge in [0, 0.05) is 6.20 Å². The average molecular weight is 259 g/mol. The molecule has 98 valence electrons. The molecule has 0 saturated carbocycles. The SMILES string of the molecule is NC(=O)c1ccccc1NC(=O)Cn1cc(N)cn1. The lowest BCUT2D eigenvalue weighted by atomic mass is 10.1. The largest absolute Gasteiger partial charge is 0.396 e. The number of nitrogens with two attached hydrogens (primary N) is 2. The number of rotatable bonds is 4. The Bertz CT molecular complexity index is 620. The minimum Gasteiger partial charge on any atom is -0.396 e. The molecule has 0 unspecified atom stereocenters. The van der Waals surface area contributed by atoms with Gasteiger partial charge in [0.1, 0.15) is 6.54 Å². The molecule has 0 radical (unpaired) electrons. The number of primary amides is 1.